The fourth-order valence-electron chi connectivity index (χ4n) is 1.36. The molecule has 0 heterocycles. The molecule has 0 unspecified atom stereocenters. The first kappa shape index (κ1) is 14.4. The van der Waals surface area contributed by atoms with Crippen LogP contribution in [-0.2, 0) is 15.3 Å². The minimum atomic E-state index is -1.05. The van der Waals surface area contributed by atoms with Gasteiger partial charge in [-0.15, -0.1) is 0 Å². The maximum Gasteiger partial charge on any atom is 0.327 e. The maximum atomic E-state index is 10.9. The minimum Gasteiger partial charge on any atom is -0.508 e. The maximum absolute atomic E-state index is 10.9. The molecule has 3 N–H and O–H groups in total. The second-order valence-corrected chi connectivity index (χ2v) is 4.81. The Morgan fingerprint density at radius 3 is 2.72 bits per heavy atom. The molecule has 1 aromatic rings. The Labute approximate surface area is 109 Å². The SMILES string of the molecule is CC(=O)N[C@@H](CSCc1cccc(O)c1)C(=O)O. The predicted molar refractivity (Wildman–Crippen MR) is 69.5 cm³/mol. The van der Waals surface area contributed by atoms with Crippen LogP contribution in [0.25, 0.3) is 0 Å². The van der Waals surface area contributed by atoms with E-state index in [0.717, 1.165) is 5.56 Å². The molecule has 0 fully saturated rings. The van der Waals surface area contributed by atoms with Crippen LogP contribution in [0.15, 0.2) is 24.3 Å². The first-order chi connectivity index (χ1) is 8.49. The van der Waals surface area contributed by atoms with Crippen LogP contribution in [0.2, 0.25) is 0 Å². The molecule has 98 valence electrons. The van der Waals surface area contributed by atoms with Crippen LogP contribution in [0, 0.1) is 0 Å². The van der Waals surface area contributed by atoms with Gasteiger partial charge in [-0.25, -0.2) is 4.79 Å². The molecule has 5 nitrogen and oxygen atoms in total. The molecule has 0 radical (unpaired) electrons. The molecule has 0 aromatic heterocycles. The Bertz CT molecular complexity index is 436. The highest BCUT2D eigenvalue weighted by Crippen LogP contribution is 2.17. The lowest BCUT2D eigenvalue weighted by molar-refractivity contribution is -0.140. The van der Waals surface area contributed by atoms with Gasteiger partial charge < -0.3 is 15.5 Å². The molecule has 1 rings (SSSR count). The number of carboxylic acids is 1. The number of amides is 1. The smallest absolute Gasteiger partial charge is 0.327 e. The normalized spacial score (nSPS) is 11.8. The third-order valence-electron chi connectivity index (χ3n) is 2.14. The van der Waals surface area contributed by atoms with E-state index in [1.54, 1.807) is 18.2 Å². The topological polar surface area (TPSA) is 86.6 Å². The number of phenols is 1. The number of rotatable bonds is 6. The highest BCUT2D eigenvalue weighted by atomic mass is 32.2. The summed E-state index contributed by atoms with van der Waals surface area (Å²) in [7, 11) is 0. The second kappa shape index (κ2) is 6.90. The molecule has 0 aliphatic heterocycles. The van der Waals surface area contributed by atoms with Crippen molar-refractivity contribution >= 4 is 23.6 Å². The van der Waals surface area contributed by atoms with Crippen molar-refractivity contribution in [2.75, 3.05) is 5.75 Å². The molecule has 0 saturated heterocycles. The van der Waals surface area contributed by atoms with Crippen molar-refractivity contribution in [1.82, 2.24) is 5.32 Å². The summed E-state index contributed by atoms with van der Waals surface area (Å²) < 4.78 is 0. The van der Waals surface area contributed by atoms with Gasteiger partial charge in [-0.3, -0.25) is 4.79 Å². The summed E-state index contributed by atoms with van der Waals surface area (Å²) in [5.41, 5.74) is 0.909. The van der Waals surface area contributed by atoms with Crippen LogP contribution in [0.4, 0.5) is 0 Å². The molecule has 6 heteroatoms. The zero-order chi connectivity index (χ0) is 13.5. The molecule has 1 atom stereocenters. The predicted octanol–water partition coefficient (Wildman–Crippen LogP) is 1.21. The van der Waals surface area contributed by atoms with Crippen molar-refractivity contribution in [1.29, 1.82) is 0 Å². The molecule has 0 aliphatic rings. The number of aliphatic carboxylic acids is 1. The molecule has 0 aliphatic carbocycles. The number of carbonyl (C=O) groups is 2. The molecule has 18 heavy (non-hydrogen) atoms. The lowest BCUT2D eigenvalue weighted by Gasteiger charge is -2.12. The van der Waals surface area contributed by atoms with E-state index in [-0.39, 0.29) is 17.4 Å². The monoisotopic (exact) mass is 269 g/mol. The number of hydrogen-bond acceptors (Lipinski definition) is 4. The summed E-state index contributed by atoms with van der Waals surface area (Å²) in [6.45, 7) is 1.29. The fourth-order valence-corrected chi connectivity index (χ4v) is 2.36. The lowest BCUT2D eigenvalue weighted by atomic mass is 10.2. The van der Waals surface area contributed by atoms with Gasteiger partial charge in [0.15, 0.2) is 0 Å². The van der Waals surface area contributed by atoms with E-state index in [1.807, 2.05) is 6.07 Å². The molecule has 1 amide bonds. The first-order valence-electron chi connectivity index (χ1n) is 5.34. The lowest BCUT2D eigenvalue weighted by Crippen LogP contribution is -2.41. The Morgan fingerprint density at radius 2 is 2.17 bits per heavy atom. The quantitative estimate of drug-likeness (QED) is 0.722. The van der Waals surface area contributed by atoms with Gasteiger partial charge in [-0.05, 0) is 17.7 Å². The van der Waals surface area contributed by atoms with E-state index in [0.29, 0.717) is 5.75 Å². The van der Waals surface area contributed by atoms with E-state index in [1.165, 1.54) is 18.7 Å². The van der Waals surface area contributed by atoms with Crippen molar-refractivity contribution in [3.05, 3.63) is 29.8 Å². The van der Waals surface area contributed by atoms with E-state index in [9.17, 15) is 14.7 Å². The standard InChI is InChI=1S/C12H15NO4S/c1-8(14)13-11(12(16)17)7-18-6-9-3-2-4-10(15)5-9/h2-5,11,15H,6-7H2,1H3,(H,13,14)(H,16,17)/t11-/m0/s1. The molecular weight excluding hydrogens is 254 g/mol. The van der Waals surface area contributed by atoms with Gasteiger partial charge in [0.2, 0.25) is 5.91 Å². The largest absolute Gasteiger partial charge is 0.508 e. The number of nitrogens with one attached hydrogen (secondary N) is 1. The number of carboxylic acid groups (broad SMARTS) is 1. The summed E-state index contributed by atoms with van der Waals surface area (Å²) in [4.78, 5) is 21.7. The minimum absolute atomic E-state index is 0.185. The van der Waals surface area contributed by atoms with Crippen LogP contribution < -0.4 is 5.32 Å². The third kappa shape index (κ3) is 5.09. The van der Waals surface area contributed by atoms with E-state index in [4.69, 9.17) is 5.11 Å². The van der Waals surface area contributed by atoms with Crippen molar-refractivity contribution in [2.24, 2.45) is 0 Å². The van der Waals surface area contributed by atoms with Gasteiger partial charge in [-0.1, -0.05) is 12.1 Å². The number of aromatic hydroxyl groups is 1. The van der Waals surface area contributed by atoms with Crippen molar-refractivity contribution < 1.29 is 19.8 Å². The van der Waals surface area contributed by atoms with Gasteiger partial charge in [0.05, 0.1) is 0 Å². The summed E-state index contributed by atoms with van der Waals surface area (Å²) in [5, 5.41) is 20.5. The van der Waals surface area contributed by atoms with Crippen molar-refractivity contribution in [2.45, 2.75) is 18.7 Å². The summed E-state index contributed by atoms with van der Waals surface area (Å²) in [6.07, 6.45) is 0. The number of thioether (sulfide) groups is 1. The van der Waals surface area contributed by atoms with Gasteiger partial charge in [0, 0.05) is 18.4 Å². The average Bonchev–Trinajstić information content (AvgIpc) is 2.27. The summed E-state index contributed by atoms with van der Waals surface area (Å²) in [5.74, 6) is -0.360. The van der Waals surface area contributed by atoms with E-state index < -0.39 is 12.0 Å². The zero-order valence-electron chi connectivity index (χ0n) is 9.92. The molecule has 0 bridgehead atoms. The Hall–Kier alpha value is -1.69. The number of phenolic OH excluding ortho intramolecular Hbond substituents is 1. The fraction of sp³-hybridized carbons (Fsp3) is 0.333. The van der Waals surface area contributed by atoms with E-state index >= 15 is 0 Å². The van der Waals surface area contributed by atoms with Crippen LogP contribution in [0.3, 0.4) is 0 Å². The third-order valence-corrected chi connectivity index (χ3v) is 3.25. The van der Waals surface area contributed by atoms with Crippen LogP contribution in [0.1, 0.15) is 12.5 Å². The molecule has 0 saturated carbocycles. The van der Waals surface area contributed by atoms with E-state index in [2.05, 4.69) is 5.32 Å². The van der Waals surface area contributed by atoms with Crippen LogP contribution in [-0.4, -0.2) is 33.9 Å². The van der Waals surface area contributed by atoms with Crippen molar-refractivity contribution in [3.8, 4) is 5.75 Å². The zero-order valence-corrected chi connectivity index (χ0v) is 10.7. The average molecular weight is 269 g/mol. The Balaban J connectivity index is 2.43. The molecular formula is C12H15NO4S. The van der Waals surface area contributed by atoms with Gasteiger partial charge >= 0.3 is 5.97 Å². The number of benzene rings is 1. The Morgan fingerprint density at radius 1 is 1.44 bits per heavy atom. The second-order valence-electron chi connectivity index (χ2n) is 3.78. The number of carbonyl (C=O) groups excluding carboxylic acids is 1. The summed E-state index contributed by atoms with van der Waals surface area (Å²) >= 11 is 1.39. The highest BCUT2D eigenvalue weighted by molar-refractivity contribution is 7.98. The highest BCUT2D eigenvalue weighted by Gasteiger charge is 2.17. The van der Waals surface area contributed by atoms with Crippen LogP contribution in [0.5, 0.6) is 5.75 Å². The first-order valence-corrected chi connectivity index (χ1v) is 6.50. The van der Waals surface area contributed by atoms with Crippen molar-refractivity contribution in [3.63, 3.8) is 0 Å². The van der Waals surface area contributed by atoms with Gasteiger partial charge in [0.25, 0.3) is 0 Å². The number of hydrogen-bond donors (Lipinski definition) is 3. The summed E-state index contributed by atoms with van der Waals surface area (Å²) in [6, 6.07) is 5.89. The molecule has 0 spiro atoms. The van der Waals surface area contributed by atoms with Crippen LogP contribution >= 0.6 is 11.8 Å². The van der Waals surface area contributed by atoms with Gasteiger partial charge in [-0.2, -0.15) is 11.8 Å². The molecule has 1 aromatic carbocycles. The van der Waals surface area contributed by atoms with Gasteiger partial charge in [0.1, 0.15) is 11.8 Å². The Kier molecular flexibility index (Phi) is 5.51.